The van der Waals surface area contributed by atoms with Crippen LogP contribution >= 0.6 is 35.5 Å². The van der Waals surface area contributed by atoms with Gasteiger partial charge in [-0.3, -0.25) is 4.99 Å². The van der Waals surface area contributed by atoms with E-state index in [4.69, 9.17) is 9.47 Å². The van der Waals surface area contributed by atoms with Gasteiger partial charge in [0, 0.05) is 57.7 Å². The minimum atomic E-state index is 0. The average Bonchev–Trinajstić information content (AvgIpc) is 3.38. The molecule has 0 atom stereocenters. The number of benzene rings is 1. The highest BCUT2D eigenvalue weighted by molar-refractivity contribution is 14.0. The minimum Gasteiger partial charge on any atom is -0.454 e. The molecule has 1 saturated heterocycles. The van der Waals surface area contributed by atoms with Crippen molar-refractivity contribution in [3.8, 4) is 11.5 Å². The van der Waals surface area contributed by atoms with Gasteiger partial charge in [0.1, 0.15) is 5.82 Å². The van der Waals surface area contributed by atoms with E-state index in [1.807, 2.05) is 25.2 Å². The number of guanidine groups is 1. The largest absolute Gasteiger partial charge is 0.454 e. The van der Waals surface area contributed by atoms with Crippen LogP contribution in [0.25, 0.3) is 0 Å². The number of aromatic nitrogens is 2. The molecule has 8 nitrogen and oxygen atoms in total. The smallest absolute Gasteiger partial charge is 0.231 e. The van der Waals surface area contributed by atoms with Crippen LogP contribution in [-0.4, -0.2) is 60.2 Å². The predicted molar refractivity (Wildman–Crippen MR) is 121 cm³/mol. The molecule has 3 heterocycles. The molecule has 10 heteroatoms. The van der Waals surface area contributed by atoms with Crippen LogP contribution in [0.1, 0.15) is 18.3 Å². The van der Waals surface area contributed by atoms with E-state index in [9.17, 15) is 0 Å². The van der Waals surface area contributed by atoms with Crippen LogP contribution in [-0.2, 0) is 13.0 Å². The zero-order chi connectivity index (χ0) is 18.6. The van der Waals surface area contributed by atoms with Gasteiger partial charge in [-0.2, -0.15) is 4.37 Å². The summed E-state index contributed by atoms with van der Waals surface area (Å²) < 4.78 is 15.2. The van der Waals surface area contributed by atoms with Crippen molar-refractivity contribution in [2.24, 2.45) is 4.99 Å². The molecule has 2 aliphatic heterocycles. The lowest BCUT2D eigenvalue weighted by atomic mass is 10.2. The topological polar surface area (TPSA) is 75.1 Å². The Balaban J connectivity index is 0.00000225. The van der Waals surface area contributed by atoms with Crippen molar-refractivity contribution in [2.45, 2.75) is 19.9 Å². The summed E-state index contributed by atoms with van der Waals surface area (Å²) in [6, 6.07) is 6.02. The molecular weight excluding hydrogens is 491 g/mol. The van der Waals surface area contributed by atoms with Crippen LogP contribution in [0.3, 0.4) is 0 Å². The van der Waals surface area contributed by atoms with Crippen molar-refractivity contribution in [3.05, 3.63) is 29.6 Å². The van der Waals surface area contributed by atoms with Crippen molar-refractivity contribution in [2.75, 3.05) is 44.9 Å². The lowest BCUT2D eigenvalue weighted by Crippen LogP contribution is -2.52. The molecule has 4 rings (SSSR count). The number of halogens is 1. The molecule has 0 saturated carbocycles. The number of rotatable bonds is 4. The number of nitrogens with zero attached hydrogens (tertiary/aromatic N) is 5. The first-order valence-electron chi connectivity index (χ1n) is 9.18. The van der Waals surface area contributed by atoms with Crippen molar-refractivity contribution in [3.63, 3.8) is 0 Å². The molecule has 152 valence electrons. The molecule has 0 bridgehead atoms. The molecule has 1 fully saturated rings. The number of aryl methyl sites for hydroxylation is 1. The number of ether oxygens (including phenoxy) is 2. The molecule has 0 amide bonds. The predicted octanol–water partition coefficient (Wildman–Crippen LogP) is 2.34. The standard InChI is InChI=1S/C18H24N6O2S.HI/c1-3-16-21-18(27-22-16)24-8-6-23(7-9-24)17(19-2)20-11-13-4-5-14-15(10-13)26-12-25-14;/h4-5,10H,3,6-9,11-12H2,1-2H3,(H,19,20);1H. The summed E-state index contributed by atoms with van der Waals surface area (Å²) in [7, 11) is 1.83. The Morgan fingerprint density at radius 3 is 2.71 bits per heavy atom. The summed E-state index contributed by atoms with van der Waals surface area (Å²) in [4.78, 5) is 13.6. The van der Waals surface area contributed by atoms with E-state index < -0.39 is 0 Å². The monoisotopic (exact) mass is 516 g/mol. The fraction of sp³-hybridized carbons (Fsp3) is 0.500. The normalized spacial score (nSPS) is 16.1. The molecule has 0 unspecified atom stereocenters. The molecule has 1 aromatic heterocycles. The second kappa shape index (κ2) is 9.59. The second-order valence-corrected chi connectivity index (χ2v) is 7.14. The van der Waals surface area contributed by atoms with E-state index in [0.29, 0.717) is 13.3 Å². The van der Waals surface area contributed by atoms with E-state index in [1.165, 1.54) is 11.5 Å². The zero-order valence-electron chi connectivity index (χ0n) is 16.1. The Bertz CT molecular complexity index is 822. The fourth-order valence-electron chi connectivity index (χ4n) is 3.19. The first kappa shape index (κ1) is 20.9. The summed E-state index contributed by atoms with van der Waals surface area (Å²) in [5, 5.41) is 4.47. The van der Waals surface area contributed by atoms with Gasteiger partial charge in [0.05, 0.1) is 0 Å². The minimum absolute atomic E-state index is 0. The Labute approximate surface area is 186 Å². The molecular formula is C18H25IN6O2S. The first-order valence-corrected chi connectivity index (χ1v) is 9.96. The third kappa shape index (κ3) is 4.59. The summed E-state index contributed by atoms with van der Waals surface area (Å²) >= 11 is 1.49. The molecule has 2 aliphatic rings. The number of piperazine rings is 1. The van der Waals surface area contributed by atoms with Gasteiger partial charge in [0.25, 0.3) is 0 Å². The van der Waals surface area contributed by atoms with Crippen LogP contribution in [0, 0.1) is 0 Å². The summed E-state index contributed by atoms with van der Waals surface area (Å²) in [5.74, 6) is 3.46. The summed E-state index contributed by atoms with van der Waals surface area (Å²) in [5.41, 5.74) is 1.14. The highest BCUT2D eigenvalue weighted by Crippen LogP contribution is 2.32. The quantitative estimate of drug-likeness (QED) is 0.380. The molecule has 1 N–H and O–H groups in total. The van der Waals surface area contributed by atoms with Gasteiger partial charge in [-0.05, 0) is 17.7 Å². The lowest BCUT2D eigenvalue weighted by molar-refractivity contribution is 0.174. The fourth-order valence-corrected chi connectivity index (χ4v) is 3.99. The SMILES string of the molecule is CCc1nsc(N2CCN(C(=NC)NCc3ccc4c(c3)OCO4)CC2)n1.I. The number of nitrogens with one attached hydrogen (secondary N) is 1. The Hall–Kier alpha value is -1.82. The van der Waals surface area contributed by atoms with Crippen LogP contribution in [0.5, 0.6) is 11.5 Å². The molecule has 0 radical (unpaired) electrons. The number of aliphatic imine (C=N–C) groups is 1. The Kier molecular flexibility index (Phi) is 7.16. The number of hydrogen-bond donors (Lipinski definition) is 1. The maximum absolute atomic E-state index is 5.45. The maximum Gasteiger partial charge on any atom is 0.231 e. The van der Waals surface area contributed by atoms with Crippen molar-refractivity contribution in [1.82, 2.24) is 19.6 Å². The number of hydrogen-bond acceptors (Lipinski definition) is 7. The average molecular weight is 516 g/mol. The third-order valence-electron chi connectivity index (χ3n) is 4.72. The number of anilines is 1. The van der Waals surface area contributed by atoms with Crippen LogP contribution in [0.15, 0.2) is 23.2 Å². The number of fused-ring (bicyclic) bond motifs is 1. The van der Waals surface area contributed by atoms with E-state index in [-0.39, 0.29) is 24.0 Å². The van der Waals surface area contributed by atoms with Gasteiger partial charge in [-0.15, -0.1) is 24.0 Å². The van der Waals surface area contributed by atoms with Gasteiger partial charge in [0.2, 0.25) is 11.9 Å². The lowest BCUT2D eigenvalue weighted by Gasteiger charge is -2.36. The highest BCUT2D eigenvalue weighted by Gasteiger charge is 2.22. The third-order valence-corrected chi connectivity index (χ3v) is 5.54. The maximum atomic E-state index is 5.45. The molecule has 1 aromatic carbocycles. The van der Waals surface area contributed by atoms with Crippen LogP contribution in [0.2, 0.25) is 0 Å². The van der Waals surface area contributed by atoms with Gasteiger partial charge >= 0.3 is 0 Å². The van der Waals surface area contributed by atoms with Crippen LogP contribution < -0.4 is 19.7 Å². The zero-order valence-corrected chi connectivity index (χ0v) is 19.2. The van der Waals surface area contributed by atoms with E-state index >= 15 is 0 Å². The van der Waals surface area contributed by atoms with Crippen LogP contribution in [0.4, 0.5) is 5.13 Å². The van der Waals surface area contributed by atoms with Gasteiger partial charge < -0.3 is 24.6 Å². The Morgan fingerprint density at radius 1 is 1.21 bits per heavy atom. The summed E-state index contributed by atoms with van der Waals surface area (Å²) in [6.07, 6.45) is 0.882. The molecule has 0 spiro atoms. The molecule has 2 aromatic rings. The van der Waals surface area contributed by atoms with Gasteiger partial charge in [-0.25, -0.2) is 4.98 Å². The Morgan fingerprint density at radius 2 is 2.00 bits per heavy atom. The molecule has 0 aliphatic carbocycles. The van der Waals surface area contributed by atoms with Crippen molar-refractivity contribution in [1.29, 1.82) is 0 Å². The van der Waals surface area contributed by atoms with E-state index in [2.05, 4.69) is 36.4 Å². The van der Waals surface area contributed by atoms with E-state index in [1.54, 1.807) is 0 Å². The second-order valence-electron chi connectivity index (χ2n) is 6.41. The van der Waals surface area contributed by atoms with Gasteiger partial charge in [-0.1, -0.05) is 13.0 Å². The summed E-state index contributed by atoms with van der Waals surface area (Å²) in [6.45, 7) is 6.72. The van der Waals surface area contributed by atoms with Gasteiger partial charge in [0.15, 0.2) is 17.5 Å². The van der Waals surface area contributed by atoms with E-state index in [0.717, 1.165) is 66.6 Å². The first-order chi connectivity index (χ1) is 13.3. The molecule has 28 heavy (non-hydrogen) atoms. The van der Waals surface area contributed by atoms with Crippen molar-refractivity contribution < 1.29 is 9.47 Å². The van der Waals surface area contributed by atoms with Crippen molar-refractivity contribution >= 4 is 46.6 Å². The highest BCUT2D eigenvalue weighted by atomic mass is 127.